The maximum atomic E-state index is 16.5. The molecule has 0 atom stereocenters. The van der Waals surface area contributed by atoms with Gasteiger partial charge in [-0.25, -0.2) is 0 Å². The van der Waals surface area contributed by atoms with Gasteiger partial charge in [-0.1, -0.05) is 285 Å². The van der Waals surface area contributed by atoms with Crippen LogP contribution in [-0.2, 0) is 0 Å². The van der Waals surface area contributed by atoms with Crippen LogP contribution in [0.25, 0.3) is 250 Å². The number of aryl methyl sites for hydroxylation is 6. The molecule has 25 aromatic rings. The Hall–Kier alpha value is -10.7. The quantitative estimate of drug-likeness (QED) is 0.0208. The first-order valence-electron chi connectivity index (χ1n) is 57.8. The Kier molecular flexibility index (Phi) is 26.2. The summed E-state index contributed by atoms with van der Waals surface area (Å²) in [6.07, 6.45) is 39.7. The minimum atomic E-state index is -0.248. The standard InChI is InChI=1S/C132H138N4O8S6/c1-15-23-31-39-47-73(48-40-32-24-16-2)133-125(137)81-59-55-77-79-57-61-83-101-91(131(143)135(127(83)139)75(51-43-35-27-19-5)52-44-36-28-20-6)65-87-109(105(79)101)107-85(63-89(129(133)141)99(81)103(77)107)111-93-67(9)115-95(69(11)113(93)145-119(87)111)121-123(147-115)97-71(13)118-98(72(14)117(97)149-121)124-122(150-118)96-70(12)114-94(68(10)116(96)148-124)112-86-64-90-100-82(126(138)134(130(90)142)74(49-41-33-25-17-3)50-42-34-26-18-4)60-56-78-80-58-62-84-102-92(66-88(120(112)146-114)110(106(80)102)108(86)104(78)100)132(144)136(128(84)140)76(53-45-37-29-21-7)54-46-38-30-22-8/h55-66,73-76H,15-54H2,1-14H3. The minimum absolute atomic E-state index is 0.213. The SMILES string of the molecule is CCCCCCC(CCCCCC)n1c(=O)c2ccc3c4ccc5c(=O)n(C(CCCCCC)CCCCCC)c(=O)c6cc7c8c(sc9c(C)c%10c(sc%11c%10sc%10c(C)c%12c(sc%13c%12sc%12c(C)c%14c(sc%15c%16cc%17c(=O)n(C(CCCCCC)CCCCCC)c(=O)c%18ccc%19c%20ccc%21c(=O)n(C(CCCCCC)CCCCCC)c(=O)c%22cc(c%15%14)c(c%20c%21%22)c%16c%19c%18%17)c(C)c%12%13)c(C)c%10%11)c(C)c98)c8cc(c1=O)c2c3c8c7c4c56. The van der Waals surface area contributed by atoms with Crippen molar-refractivity contribution in [3.05, 3.63) is 189 Å². The van der Waals surface area contributed by atoms with Gasteiger partial charge in [-0.3, -0.25) is 56.6 Å². The Morgan fingerprint density at radius 2 is 0.327 bits per heavy atom. The zero-order valence-electron chi connectivity index (χ0n) is 90.0. The highest BCUT2D eigenvalue weighted by Gasteiger charge is 2.38. The van der Waals surface area contributed by atoms with Gasteiger partial charge in [0.2, 0.25) is 0 Å². The summed E-state index contributed by atoms with van der Waals surface area (Å²) >= 11 is 11.4. The molecule has 0 N–H and O–H groups in total. The summed E-state index contributed by atoms with van der Waals surface area (Å²) in [7, 11) is 0. The lowest BCUT2D eigenvalue weighted by Gasteiger charge is -2.25. The summed E-state index contributed by atoms with van der Waals surface area (Å²) < 4.78 is 21.5. The average Bonchev–Trinajstić information content (AvgIpc) is 1.12. The van der Waals surface area contributed by atoms with Crippen LogP contribution in [0.15, 0.2) is 111 Å². The van der Waals surface area contributed by atoms with Crippen LogP contribution in [0.1, 0.15) is 370 Å². The fraction of sp³-hybridized carbons (Fsp3) is 0.439. The van der Waals surface area contributed by atoms with E-state index < -0.39 is 0 Å². The van der Waals surface area contributed by atoms with Crippen LogP contribution in [0.2, 0.25) is 0 Å². The van der Waals surface area contributed by atoms with Crippen LogP contribution in [-0.4, -0.2) is 18.3 Å². The molecule has 0 radical (unpaired) electrons. The van der Waals surface area contributed by atoms with Gasteiger partial charge in [-0.15, -0.1) is 68.0 Å². The summed E-state index contributed by atoms with van der Waals surface area (Å²) in [5.74, 6) is 0. The van der Waals surface area contributed by atoms with E-state index in [4.69, 9.17) is 0 Å². The van der Waals surface area contributed by atoms with E-state index in [1.807, 2.05) is 92.3 Å². The predicted octanol–water partition coefficient (Wildman–Crippen LogP) is 39.1. The topological polar surface area (TPSA) is 156 Å². The van der Waals surface area contributed by atoms with E-state index in [0.29, 0.717) is 64.6 Å². The van der Waals surface area contributed by atoms with Crippen molar-refractivity contribution in [3.63, 3.8) is 0 Å². The van der Waals surface area contributed by atoms with Crippen molar-refractivity contribution < 1.29 is 0 Å². The molecule has 0 fully saturated rings. The lowest BCUT2D eigenvalue weighted by atomic mass is 9.81. The Balaban J connectivity index is 0.723. The lowest BCUT2D eigenvalue weighted by molar-refractivity contribution is 0.384. The first kappa shape index (κ1) is 99.9. The first-order valence-corrected chi connectivity index (χ1v) is 62.7. The molecule has 150 heavy (non-hydrogen) atoms. The van der Waals surface area contributed by atoms with Crippen molar-refractivity contribution >= 4 is 318 Å². The largest absolute Gasteiger partial charge is 0.271 e. The highest BCUT2D eigenvalue weighted by molar-refractivity contribution is 7.39. The summed E-state index contributed by atoms with van der Waals surface area (Å²) in [5, 5.41) is 32.1. The van der Waals surface area contributed by atoms with Crippen LogP contribution in [0.4, 0.5) is 0 Å². The molecule has 10 heterocycles. The third kappa shape index (κ3) is 14.6. The second-order valence-corrected chi connectivity index (χ2v) is 51.8. The second kappa shape index (κ2) is 39.4. The number of benzene rings is 15. The molecule has 0 spiro atoms. The molecule has 0 amide bonds. The smallest absolute Gasteiger partial charge is 0.261 e. The highest BCUT2D eigenvalue weighted by Crippen LogP contribution is 2.63. The van der Waals surface area contributed by atoms with E-state index in [-0.39, 0.29) is 68.6 Å². The fourth-order valence-electron chi connectivity index (χ4n) is 29.1. The number of nitrogens with zero attached hydrogens (tertiary/aromatic N) is 4. The monoisotopic (exact) mass is 2100 g/mol. The zero-order valence-corrected chi connectivity index (χ0v) is 94.9. The molecule has 18 heteroatoms. The van der Waals surface area contributed by atoms with Crippen molar-refractivity contribution in [2.24, 2.45) is 0 Å². The Morgan fingerprint density at radius 1 is 0.160 bits per heavy atom. The maximum Gasteiger partial charge on any atom is 0.261 e. The number of rotatable bonds is 44. The fourth-order valence-corrected chi connectivity index (χ4v) is 38.1. The molecule has 770 valence electrons. The van der Waals surface area contributed by atoms with Crippen LogP contribution in [0, 0.1) is 41.5 Å². The summed E-state index contributed by atoms with van der Waals surface area (Å²) in [6.45, 7) is 32.0. The molecule has 12 nitrogen and oxygen atoms in total. The summed E-state index contributed by atoms with van der Waals surface area (Å²) in [4.78, 5) is 129. The summed E-state index contributed by atoms with van der Waals surface area (Å²) in [6, 6.07) is 24.2. The zero-order chi connectivity index (χ0) is 103. The van der Waals surface area contributed by atoms with Crippen molar-refractivity contribution in [2.45, 2.75) is 378 Å². The van der Waals surface area contributed by atoms with Gasteiger partial charge in [0.15, 0.2) is 0 Å². The Labute approximate surface area is 896 Å². The number of aromatic nitrogens is 4. The van der Waals surface area contributed by atoms with E-state index in [2.05, 4.69) is 145 Å². The van der Waals surface area contributed by atoms with Crippen LogP contribution in [0.5, 0.6) is 0 Å². The molecule has 0 bridgehead atoms. The van der Waals surface area contributed by atoms with Gasteiger partial charge in [0, 0.05) is 191 Å². The van der Waals surface area contributed by atoms with E-state index in [9.17, 15) is 0 Å². The molecule has 0 saturated carbocycles. The maximum absolute atomic E-state index is 16.5. The van der Waals surface area contributed by atoms with Crippen molar-refractivity contribution in [1.82, 2.24) is 18.3 Å². The van der Waals surface area contributed by atoms with E-state index >= 15 is 38.4 Å². The number of thiophene rings is 6. The normalized spacial score (nSPS) is 13.2. The van der Waals surface area contributed by atoms with Crippen LogP contribution < -0.4 is 44.5 Å². The number of unbranched alkanes of at least 4 members (excludes halogenated alkanes) is 24. The molecule has 0 unspecified atom stereocenters. The summed E-state index contributed by atoms with van der Waals surface area (Å²) in [5.41, 5.74) is 5.64. The third-order valence-electron chi connectivity index (χ3n) is 36.6. The molecular formula is C132H138N4O8S6. The average molecular weight is 2100 g/mol. The van der Waals surface area contributed by atoms with E-state index in [1.54, 1.807) is 18.3 Å². The molecule has 25 rings (SSSR count). The van der Waals surface area contributed by atoms with Gasteiger partial charge in [0.05, 0.1) is 18.8 Å². The van der Waals surface area contributed by atoms with E-state index in [1.165, 1.54) is 102 Å². The highest BCUT2D eigenvalue weighted by atomic mass is 32.1. The number of fused-ring (bicyclic) bond motifs is 22. The Bertz CT molecular complexity index is 9690. The van der Waals surface area contributed by atoms with Gasteiger partial charge in [0.25, 0.3) is 44.5 Å². The number of pyridine rings is 4. The minimum Gasteiger partial charge on any atom is -0.271 e. The van der Waals surface area contributed by atoms with Crippen molar-refractivity contribution in [3.8, 4) is 0 Å². The van der Waals surface area contributed by atoms with Crippen LogP contribution in [0.3, 0.4) is 0 Å². The van der Waals surface area contributed by atoms with Gasteiger partial charge in [-0.05, 0) is 239 Å². The molecule has 15 aromatic carbocycles. The van der Waals surface area contributed by atoms with Crippen molar-refractivity contribution in [1.29, 1.82) is 0 Å². The van der Waals surface area contributed by atoms with Crippen LogP contribution >= 0.6 is 68.0 Å². The van der Waals surface area contributed by atoms with Gasteiger partial charge in [0.1, 0.15) is 0 Å². The number of hydrogen-bond acceptors (Lipinski definition) is 14. The molecular weight excluding hydrogens is 1960 g/mol. The molecule has 10 aromatic heterocycles. The van der Waals surface area contributed by atoms with Crippen molar-refractivity contribution in [2.75, 3.05) is 0 Å². The van der Waals surface area contributed by atoms with Gasteiger partial charge in [-0.2, -0.15) is 0 Å². The first-order chi connectivity index (χ1) is 73.1. The molecule has 0 saturated heterocycles. The molecule has 0 aliphatic carbocycles. The molecule has 0 aliphatic heterocycles. The second-order valence-electron chi connectivity index (χ2n) is 45.7. The third-order valence-corrected chi connectivity index (χ3v) is 44.8. The van der Waals surface area contributed by atoms with E-state index in [0.717, 1.165) is 374 Å². The van der Waals surface area contributed by atoms with Gasteiger partial charge < -0.3 is 0 Å². The number of hydrogen-bond donors (Lipinski definition) is 0. The Morgan fingerprint density at radius 3 is 0.540 bits per heavy atom. The predicted molar refractivity (Wildman–Crippen MR) is 660 cm³/mol. The lowest BCUT2D eigenvalue weighted by Crippen LogP contribution is -2.37. The molecule has 0 aliphatic rings. The van der Waals surface area contributed by atoms with Gasteiger partial charge >= 0.3 is 0 Å².